The van der Waals surface area contributed by atoms with Crippen molar-refractivity contribution in [3.8, 4) is 0 Å². The Morgan fingerprint density at radius 3 is 2.88 bits per heavy atom. The molecule has 0 spiro atoms. The molecule has 0 aliphatic carbocycles. The Bertz CT molecular complexity index is 242. The Hall–Kier alpha value is -0.810. The summed E-state index contributed by atoms with van der Waals surface area (Å²) in [4.78, 5) is 4.68. The zero-order valence-electron chi connectivity index (χ0n) is 10.6. The average Bonchev–Trinajstić information content (AvgIpc) is 2.28. The van der Waals surface area contributed by atoms with Gasteiger partial charge in [0.25, 0.3) is 0 Å². The molecule has 0 aromatic heterocycles. The number of amidine groups is 1. The van der Waals surface area contributed by atoms with E-state index in [1.54, 1.807) is 0 Å². The Morgan fingerprint density at radius 2 is 2.31 bits per heavy atom. The van der Waals surface area contributed by atoms with E-state index in [4.69, 9.17) is 10.9 Å². The zero-order chi connectivity index (χ0) is 12.1. The quantitative estimate of drug-likeness (QED) is 0.316. The van der Waals surface area contributed by atoms with Crippen LogP contribution in [-0.2, 0) is 0 Å². The molecule has 3 N–H and O–H groups in total. The number of hydrogen-bond donors (Lipinski definition) is 2. The summed E-state index contributed by atoms with van der Waals surface area (Å²) < 4.78 is 0. The molecule has 0 saturated carbocycles. The van der Waals surface area contributed by atoms with E-state index in [0.717, 1.165) is 19.6 Å². The van der Waals surface area contributed by atoms with E-state index >= 15 is 0 Å². The summed E-state index contributed by atoms with van der Waals surface area (Å²) in [6.45, 7) is 5.07. The van der Waals surface area contributed by atoms with Crippen molar-refractivity contribution in [3.63, 3.8) is 0 Å². The fraction of sp³-hybridized carbons (Fsp3) is 0.909. The van der Waals surface area contributed by atoms with Crippen LogP contribution in [0.2, 0.25) is 0 Å². The van der Waals surface area contributed by atoms with E-state index in [-0.39, 0.29) is 5.92 Å². The molecule has 5 heteroatoms. The van der Waals surface area contributed by atoms with Crippen LogP contribution < -0.4 is 5.73 Å². The predicted molar refractivity (Wildman–Crippen MR) is 65.7 cm³/mol. The molecule has 1 aliphatic rings. The molecule has 1 heterocycles. The van der Waals surface area contributed by atoms with Gasteiger partial charge in [-0.15, -0.1) is 0 Å². The van der Waals surface area contributed by atoms with Crippen molar-refractivity contribution in [1.29, 1.82) is 0 Å². The summed E-state index contributed by atoms with van der Waals surface area (Å²) in [5.74, 6) is 0.442. The molecule has 0 radical (unpaired) electrons. The molecule has 0 aromatic carbocycles. The second-order valence-corrected chi connectivity index (χ2v) is 4.95. The molecule has 16 heavy (non-hydrogen) atoms. The van der Waals surface area contributed by atoms with Crippen molar-refractivity contribution in [3.05, 3.63) is 0 Å². The highest BCUT2D eigenvalue weighted by Crippen LogP contribution is 2.15. The predicted octanol–water partition coefficient (Wildman–Crippen LogP) is 0.395. The smallest absolute Gasteiger partial charge is 0.143 e. The van der Waals surface area contributed by atoms with Crippen LogP contribution in [0.3, 0.4) is 0 Å². The molecule has 0 aromatic rings. The lowest BCUT2D eigenvalue weighted by molar-refractivity contribution is 0.127. The lowest BCUT2D eigenvalue weighted by atomic mass is 10.0. The maximum absolute atomic E-state index is 8.61. The fourth-order valence-corrected chi connectivity index (χ4v) is 2.20. The topological polar surface area (TPSA) is 65.1 Å². The van der Waals surface area contributed by atoms with Gasteiger partial charge in [-0.2, -0.15) is 0 Å². The fourth-order valence-electron chi connectivity index (χ4n) is 2.20. The van der Waals surface area contributed by atoms with Gasteiger partial charge < -0.3 is 20.7 Å². The minimum absolute atomic E-state index is 0.117. The number of rotatable bonds is 4. The van der Waals surface area contributed by atoms with Gasteiger partial charge in [0.15, 0.2) is 0 Å². The molecule has 1 saturated heterocycles. The van der Waals surface area contributed by atoms with Crippen LogP contribution in [0.5, 0.6) is 0 Å². The van der Waals surface area contributed by atoms with Crippen LogP contribution in [0.25, 0.3) is 0 Å². The monoisotopic (exact) mass is 228 g/mol. The molecule has 2 atom stereocenters. The molecule has 2 unspecified atom stereocenters. The van der Waals surface area contributed by atoms with Crippen LogP contribution in [0, 0.1) is 5.92 Å². The van der Waals surface area contributed by atoms with Gasteiger partial charge in [-0.3, -0.25) is 0 Å². The third-order valence-corrected chi connectivity index (χ3v) is 3.36. The van der Waals surface area contributed by atoms with Gasteiger partial charge in [0.1, 0.15) is 5.84 Å². The summed E-state index contributed by atoms with van der Waals surface area (Å²) in [5.41, 5.74) is 5.59. The van der Waals surface area contributed by atoms with Crippen molar-refractivity contribution < 1.29 is 5.21 Å². The average molecular weight is 228 g/mol. The Labute approximate surface area is 97.9 Å². The molecule has 0 bridgehead atoms. The lowest BCUT2D eigenvalue weighted by Crippen LogP contribution is -2.47. The van der Waals surface area contributed by atoms with Crippen molar-refractivity contribution in [2.24, 2.45) is 16.8 Å². The zero-order valence-corrected chi connectivity index (χ0v) is 10.6. The van der Waals surface area contributed by atoms with Gasteiger partial charge in [0.05, 0.1) is 0 Å². The van der Waals surface area contributed by atoms with Crippen LogP contribution in [-0.4, -0.2) is 60.6 Å². The highest BCUT2D eigenvalue weighted by atomic mass is 16.4. The number of likely N-dealkylation sites (tertiary alicyclic amines) is 1. The number of nitrogens with zero attached hydrogens (tertiary/aromatic N) is 3. The number of nitrogens with two attached hydrogens (primary N) is 1. The Balaban J connectivity index is 2.43. The molecule has 94 valence electrons. The summed E-state index contributed by atoms with van der Waals surface area (Å²) >= 11 is 0. The van der Waals surface area contributed by atoms with E-state index in [2.05, 4.69) is 29.1 Å². The SMILES string of the molecule is CC(CN1CCCC(N(C)C)C1)C(N)=NO. The van der Waals surface area contributed by atoms with Crippen LogP contribution in [0.4, 0.5) is 0 Å². The maximum atomic E-state index is 8.61. The van der Waals surface area contributed by atoms with E-state index in [0.29, 0.717) is 11.9 Å². The summed E-state index contributed by atoms with van der Waals surface area (Å²) in [5, 5.41) is 11.7. The van der Waals surface area contributed by atoms with Gasteiger partial charge in [-0.25, -0.2) is 0 Å². The van der Waals surface area contributed by atoms with Crippen molar-refractivity contribution in [1.82, 2.24) is 9.80 Å². The number of oxime groups is 1. The van der Waals surface area contributed by atoms with Gasteiger partial charge in [0.2, 0.25) is 0 Å². The third-order valence-electron chi connectivity index (χ3n) is 3.36. The summed E-state index contributed by atoms with van der Waals surface area (Å²) in [6, 6.07) is 0.633. The molecule has 1 rings (SSSR count). The third kappa shape index (κ3) is 3.64. The highest BCUT2D eigenvalue weighted by molar-refractivity contribution is 5.82. The number of piperidine rings is 1. The van der Waals surface area contributed by atoms with Gasteiger partial charge in [-0.1, -0.05) is 12.1 Å². The number of hydrogen-bond acceptors (Lipinski definition) is 4. The maximum Gasteiger partial charge on any atom is 0.143 e. The van der Waals surface area contributed by atoms with E-state index in [9.17, 15) is 0 Å². The van der Waals surface area contributed by atoms with Crippen LogP contribution >= 0.6 is 0 Å². The Morgan fingerprint density at radius 1 is 1.62 bits per heavy atom. The largest absolute Gasteiger partial charge is 0.409 e. The minimum atomic E-state index is 0.117. The van der Waals surface area contributed by atoms with Gasteiger partial charge in [0, 0.05) is 25.0 Å². The number of likely N-dealkylation sites (N-methyl/N-ethyl adjacent to an activating group) is 1. The molecule has 0 amide bonds. The second-order valence-electron chi connectivity index (χ2n) is 4.95. The normalized spacial score (nSPS) is 26.0. The Kier molecular flexibility index (Phi) is 5.02. The lowest BCUT2D eigenvalue weighted by Gasteiger charge is -2.37. The standard InChI is InChI=1S/C11H24N4O/c1-9(11(12)13-16)7-15-6-4-5-10(8-15)14(2)3/h9-10,16H,4-8H2,1-3H3,(H2,12,13). The first-order valence-corrected chi connectivity index (χ1v) is 5.90. The van der Waals surface area contributed by atoms with Crippen molar-refractivity contribution in [2.45, 2.75) is 25.8 Å². The van der Waals surface area contributed by atoms with E-state index in [1.165, 1.54) is 12.8 Å². The first-order chi connectivity index (χ1) is 7.54. The van der Waals surface area contributed by atoms with Gasteiger partial charge >= 0.3 is 0 Å². The minimum Gasteiger partial charge on any atom is -0.409 e. The van der Waals surface area contributed by atoms with Gasteiger partial charge in [-0.05, 0) is 33.5 Å². The van der Waals surface area contributed by atoms with Crippen molar-refractivity contribution >= 4 is 5.84 Å². The molecule has 1 fully saturated rings. The molecular weight excluding hydrogens is 204 g/mol. The summed E-state index contributed by atoms with van der Waals surface area (Å²) in [7, 11) is 4.25. The molecule has 1 aliphatic heterocycles. The first kappa shape index (κ1) is 13.3. The van der Waals surface area contributed by atoms with E-state index in [1.807, 2.05) is 6.92 Å². The second kappa shape index (κ2) is 6.06. The summed E-state index contributed by atoms with van der Waals surface area (Å²) in [6.07, 6.45) is 2.49. The molecule has 5 nitrogen and oxygen atoms in total. The van der Waals surface area contributed by atoms with Crippen LogP contribution in [0.1, 0.15) is 19.8 Å². The van der Waals surface area contributed by atoms with Crippen LogP contribution in [0.15, 0.2) is 5.16 Å². The molecular formula is C11H24N4O. The first-order valence-electron chi connectivity index (χ1n) is 5.90. The highest BCUT2D eigenvalue weighted by Gasteiger charge is 2.23. The van der Waals surface area contributed by atoms with Crippen molar-refractivity contribution in [2.75, 3.05) is 33.7 Å². The van der Waals surface area contributed by atoms with E-state index < -0.39 is 0 Å².